The minimum absolute atomic E-state index is 0.0217. The number of fused-ring (bicyclic) bond motifs is 1. The van der Waals surface area contributed by atoms with Crippen molar-refractivity contribution >= 4 is 28.2 Å². The molecule has 1 fully saturated rings. The lowest BCUT2D eigenvalue weighted by molar-refractivity contribution is -0.117. The Morgan fingerprint density at radius 3 is 2.95 bits per heavy atom. The van der Waals surface area contributed by atoms with E-state index in [0.29, 0.717) is 17.1 Å². The van der Waals surface area contributed by atoms with Crippen molar-refractivity contribution in [2.24, 2.45) is 5.92 Å². The van der Waals surface area contributed by atoms with Crippen molar-refractivity contribution < 1.29 is 4.79 Å². The van der Waals surface area contributed by atoms with Crippen LogP contribution in [0.25, 0.3) is 10.8 Å². The lowest BCUT2D eigenvalue weighted by atomic mass is 10.1. The molecule has 3 N–H and O–H groups in total. The second-order valence-corrected chi connectivity index (χ2v) is 4.69. The van der Waals surface area contributed by atoms with Crippen LogP contribution in [-0.2, 0) is 4.79 Å². The smallest absolute Gasteiger partial charge is 0.228 e. The third-order valence-electron chi connectivity index (χ3n) is 3.27. The summed E-state index contributed by atoms with van der Waals surface area (Å²) in [6.45, 7) is 0. The number of carbonyl (C=O) groups is 1. The van der Waals surface area contributed by atoms with Crippen LogP contribution in [0.15, 0.2) is 24.4 Å². The summed E-state index contributed by atoms with van der Waals surface area (Å²) in [4.78, 5) is 15.8. The third kappa shape index (κ3) is 2.08. The Morgan fingerprint density at radius 1 is 1.47 bits per heavy atom. The van der Waals surface area contributed by atoms with Gasteiger partial charge in [-0.15, -0.1) is 0 Å². The maximum Gasteiger partial charge on any atom is 0.228 e. The molecule has 0 aliphatic heterocycles. The fourth-order valence-electron chi connectivity index (χ4n) is 1.98. The van der Waals surface area contributed by atoms with Gasteiger partial charge in [0.05, 0.1) is 11.3 Å². The number of nitrogens with zero attached hydrogens (tertiary/aromatic N) is 2. The number of nitrogens with two attached hydrogens (primary N) is 1. The van der Waals surface area contributed by atoms with Gasteiger partial charge >= 0.3 is 0 Å². The Hall–Kier alpha value is -2.61. The highest BCUT2D eigenvalue weighted by Crippen LogP contribution is 2.30. The predicted molar refractivity (Wildman–Crippen MR) is 72.2 cm³/mol. The van der Waals surface area contributed by atoms with Gasteiger partial charge in [0.2, 0.25) is 5.91 Å². The average Bonchev–Trinajstić information content (AvgIpc) is 3.23. The molecule has 0 saturated heterocycles. The molecule has 1 aromatic carbocycles. The average molecular weight is 252 g/mol. The van der Waals surface area contributed by atoms with Crippen LogP contribution in [0, 0.1) is 17.2 Å². The minimum Gasteiger partial charge on any atom is -0.397 e. The third-order valence-corrected chi connectivity index (χ3v) is 3.27. The van der Waals surface area contributed by atoms with Gasteiger partial charge in [-0.2, -0.15) is 5.26 Å². The Bertz CT molecular complexity index is 713. The summed E-state index contributed by atoms with van der Waals surface area (Å²) >= 11 is 0. The first kappa shape index (κ1) is 11.5. The second-order valence-electron chi connectivity index (χ2n) is 4.69. The number of nitrogen functional groups attached to an aromatic ring is 1. The Labute approximate surface area is 110 Å². The number of carbonyl (C=O) groups excluding carboxylic acids is 1. The fourth-order valence-corrected chi connectivity index (χ4v) is 1.98. The molecule has 1 aliphatic carbocycles. The van der Waals surface area contributed by atoms with Crippen LogP contribution < -0.4 is 11.1 Å². The molecule has 1 aliphatic rings. The number of nitrogens with one attached hydrogen (secondary N) is 1. The molecular weight excluding hydrogens is 240 g/mol. The summed E-state index contributed by atoms with van der Waals surface area (Å²) in [6.07, 6.45) is 3.50. The van der Waals surface area contributed by atoms with Crippen LogP contribution >= 0.6 is 0 Å². The number of pyridine rings is 1. The Balaban J connectivity index is 1.97. The number of hydrogen-bond acceptors (Lipinski definition) is 4. The first-order valence-corrected chi connectivity index (χ1v) is 6.08. The Morgan fingerprint density at radius 2 is 2.26 bits per heavy atom. The predicted octanol–water partition coefficient (Wildman–Crippen LogP) is 2.04. The standard InChI is InChI=1S/C14H12N4O/c15-6-10-4-3-9-5-12(17-7-11(9)13(10)16)18-14(19)8-1-2-8/h3-5,7-8H,1-2,16H2,(H,17,18,19). The number of aromatic nitrogens is 1. The second kappa shape index (κ2) is 4.25. The maximum absolute atomic E-state index is 11.7. The summed E-state index contributed by atoms with van der Waals surface area (Å²) < 4.78 is 0. The molecule has 0 bridgehead atoms. The summed E-state index contributed by atoms with van der Waals surface area (Å²) in [7, 11) is 0. The molecule has 94 valence electrons. The van der Waals surface area contributed by atoms with E-state index in [1.54, 1.807) is 24.4 Å². The molecule has 3 rings (SSSR count). The molecule has 0 radical (unpaired) electrons. The molecule has 0 atom stereocenters. The van der Waals surface area contributed by atoms with Crippen LogP contribution in [0.5, 0.6) is 0 Å². The fraction of sp³-hybridized carbons (Fsp3) is 0.214. The Kier molecular flexibility index (Phi) is 2.57. The zero-order valence-electron chi connectivity index (χ0n) is 10.2. The van der Waals surface area contributed by atoms with E-state index in [-0.39, 0.29) is 11.8 Å². The van der Waals surface area contributed by atoms with Crippen LogP contribution in [-0.4, -0.2) is 10.9 Å². The number of rotatable bonds is 2. The molecule has 0 unspecified atom stereocenters. The molecule has 5 heteroatoms. The summed E-state index contributed by atoms with van der Waals surface area (Å²) in [5.41, 5.74) is 6.75. The zero-order chi connectivity index (χ0) is 13.4. The molecular formula is C14H12N4O. The summed E-state index contributed by atoms with van der Waals surface area (Å²) in [6, 6.07) is 7.28. The highest BCUT2D eigenvalue weighted by molar-refractivity contribution is 5.99. The van der Waals surface area contributed by atoms with E-state index in [0.717, 1.165) is 23.6 Å². The van der Waals surface area contributed by atoms with Gasteiger partial charge in [-0.3, -0.25) is 4.79 Å². The molecule has 19 heavy (non-hydrogen) atoms. The van der Waals surface area contributed by atoms with Gasteiger partial charge in [-0.1, -0.05) is 6.07 Å². The van der Waals surface area contributed by atoms with Gasteiger partial charge in [-0.25, -0.2) is 4.98 Å². The highest BCUT2D eigenvalue weighted by atomic mass is 16.2. The lowest BCUT2D eigenvalue weighted by Crippen LogP contribution is -2.14. The van der Waals surface area contributed by atoms with Gasteiger partial charge in [0.15, 0.2) is 0 Å². The number of benzene rings is 1. The quantitative estimate of drug-likeness (QED) is 0.800. The van der Waals surface area contributed by atoms with Crippen molar-refractivity contribution in [2.45, 2.75) is 12.8 Å². The maximum atomic E-state index is 11.7. The van der Waals surface area contributed by atoms with Crippen molar-refractivity contribution in [3.05, 3.63) is 30.0 Å². The molecule has 1 heterocycles. The van der Waals surface area contributed by atoms with E-state index < -0.39 is 0 Å². The van der Waals surface area contributed by atoms with E-state index in [1.165, 1.54) is 0 Å². The van der Waals surface area contributed by atoms with Crippen molar-refractivity contribution in [1.29, 1.82) is 5.26 Å². The first-order chi connectivity index (χ1) is 9.19. The van der Waals surface area contributed by atoms with Crippen molar-refractivity contribution in [3.63, 3.8) is 0 Å². The largest absolute Gasteiger partial charge is 0.397 e. The van der Waals surface area contributed by atoms with Crippen LogP contribution in [0.3, 0.4) is 0 Å². The van der Waals surface area contributed by atoms with E-state index in [4.69, 9.17) is 11.0 Å². The first-order valence-electron chi connectivity index (χ1n) is 6.08. The molecule has 1 saturated carbocycles. The van der Waals surface area contributed by atoms with E-state index in [2.05, 4.69) is 10.3 Å². The highest BCUT2D eigenvalue weighted by Gasteiger charge is 2.29. The number of anilines is 2. The van der Waals surface area contributed by atoms with Crippen LogP contribution in [0.2, 0.25) is 0 Å². The SMILES string of the molecule is N#Cc1ccc2cc(NC(=O)C3CC3)ncc2c1N. The van der Waals surface area contributed by atoms with E-state index in [9.17, 15) is 4.79 Å². The van der Waals surface area contributed by atoms with Gasteiger partial charge in [0.1, 0.15) is 11.9 Å². The number of hydrogen-bond donors (Lipinski definition) is 2. The molecule has 0 spiro atoms. The van der Waals surface area contributed by atoms with Gasteiger partial charge in [-0.05, 0) is 30.4 Å². The van der Waals surface area contributed by atoms with E-state index in [1.807, 2.05) is 6.07 Å². The van der Waals surface area contributed by atoms with Gasteiger partial charge in [0.25, 0.3) is 0 Å². The number of amides is 1. The van der Waals surface area contributed by atoms with Crippen LogP contribution in [0.1, 0.15) is 18.4 Å². The normalized spacial score (nSPS) is 14.1. The summed E-state index contributed by atoms with van der Waals surface area (Å²) in [5, 5.41) is 13.3. The van der Waals surface area contributed by atoms with Gasteiger partial charge in [0, 0.05) is 17.5 Å². The lowest BCUT2D eigenvalue weighted by Gasteiger charge is -2.07. The molecule has 5 nitrogen and oxygen atoms in total. The minimum atomic E-state index is 0.0217. The molecule has 2 aromatic rings. The molecule has 1 aromatic heterocycles. The monoisotopic (exact) mass is 252 g/mol. The summed E-state index contributed by atoms with van der Waals surface area (Å²) in [5.74, 6) is 0.686. The van der Waals surface area contributed by atoms with Crippen LogP contribution in [0.4, 0.5) is 11.5 Å². The van der Waals surface area contributed by atoms with Crippen molar-refractivity contribution in [3.8, 4) is 6.07 Å². The van der Waals surface area contributed by atoms with Crippen molar-refractivity contribution in [1.82, 2.24) is 4.98 Å². The topological polar surface area (TPSA) is 91.8 Å². The van der Waals surface area contributed by atoms with E-state index >= 15 is 0 Å². The number of nitriles is 1. The zero-order valence-corrected chi connectivity index (χ0v) is 10.2. The van der Waals surface area contributed by atoms with Crippen molar-refractivity contribution in [2.75, 3.05) is 11.1 Å². The molecule has 1 amide bonds. The van der Waals surface area contributed by atoms with Gasteiger partial charge < -0.3 is 11.1 Å².